The molecule has 0 aliphatic heterocycles. The van der Waals surface area contributed by atoms with Crippen LogP contribution in [0.25, 0.3) is 12.2 Å². The van der Waals surface area contributed by atoms with Gasteiger partial charge in [0.15, 0.2) is 0 Å². The summed E-state index contributed by atoms with van der Waals surface area (Å²) in [5.74, 6) is -0.00913. The summed E-state index contributed by atoms with van der Waals surface area (Å²) in [6.07, 6.45) is 7.31. The molecule has 126 valence electrons. The van der Waals surface area contributed by atoms with Crippen LogP contribution in [-0.4, -0.2) is 24.1 Å². The molecule has 2 heterocycles. The van der Waals surface area contributed by atoms with Gasteiger partial charge >= 0.3 is 11.9 Å². The highest BCUT2D eigenvalue weighted by molar-refractivity contribution is 5.87. The van der Waals surface area contributed by atoms with Crippen LogP contribution in [-0.2, 0) is 19.1 Å². The molecule has 0 fully saturated rings. The molecule has 0 saturated carbocycles. The zero-order valence-corrected chi connectivity index (χ0v) is 13.4. The first kappa shape index (κ1) is 17.3. The van der Waals surface area contributed by atoms with Gasteiger partial charge in [-0.2, -0.15) is 0 Å². The van der Waals surface area contributed by atoms with Crippen LogP contribution in [0.1, 0.15) is 25.4 Å². The SMILES string of the molecule is CC(OC(=O)/C=C/c1ccco1)C(C)OC(=O)/C=C/c1ccco1. The Balaban J connectivity index is 1.77. The third-order valence-corrected chi connectivity index (χ3v) is 3.12. The average molecular weight is 330 g/mol. The lowest BCUT2D eigenvalue weighted by molar-refractivity contribution is -0.158. The molecule has 2 rings (SSSR count). The van der Waals surface area contributed by atoms with Crippen LogP contribution in [0.3, 0.4) is 0 Å². The summed E-state index contributed by atoms with van der Waals surface area (Å²) >= 11 is 0. The predicted molar refractivity (Wildman–Crippen MR) is 86.6 cm³/mol. The van der Waals surface area contributed by atoms with Crippen LogP contribution in [0.4, 0.5) is 0 Å². The molecule has 2 unspecified atom stereocenters. The molecule has 2 atom stereocenters. The van der Waals surface area contributed by atoms with E-state index < -0.39 is 24.1 Å². The van der Waals surface area contributed by atoms with Crippen molar-refractivity contribution in [3.05, 3.63) is 60.5 Å². The summed E-state index contributed by atoms with van der Waals surface area (Å²) in [5.41, 5.74) is 0. The number of rotatable bonds is 7. The molecule has 0 amide bonds. The van der Waals surface area contributed by atoms with E-state index in [2.05, 4.69) is 0 Å². The minimum absolute atomic E-state index is 0.544. The first-order chi connectivity index (χ1) is 11.5. The Hall–Kier alpha value is -3.02. The van der Waals surface area contributed by atoms with E-state index in [0.29, 0.717) is 11.5 Å². The van der Waals surface area contributed by atoms with Gasteiger partial charge < -0.3 is 18.3 Å². The number of furan rings is 2. The van der Waals surface area contributed by atoms with Crippen LogP contribution < -0.4 is 0 Å². The normalized spacial score (nSPS) is 13.9. The maximum atomic E-state index is 11.7. The fourth-order valence-corrected chi connectivity index (χ4v) is 1.71. The van der Waals surface area contributed by atoms with Gasteiger partial charge in [-0.15, -0.1) is 0 Å². The second-order valence-corrected chi connectivity index (χ2v) is 4.98. The van der Waals surface area contributed by atoms with Gasteiger partial charge in [0, 0.05) is 12.2 Å². The van der Waals surface area contributed by atoms with Crippen molar-refractivity contribution >= 4 is 24.1 Å². The van der Waals surface area contributed by atoms with E-state index in [-0.39, 0.29) is 0 Å². The molecule has 0 spiro atoms. The van der Waals surface area contributed by atoms with E-state index in [9.17, 15) is 9.59 Å². The molecule has 0 radical (unpaired) electrons. The van der Waals surface area contributed by atoms with E-state index in [1.807, 2.05) is 0 Å². The van der Waals surface area contributed by atoms with Crippen molar-refractivity contribution in [2.24, 2.45) is 0 Å². The zero-order chi connectivity index (χ0) is 17.4. The number of ether oxygens (including phenoxy) is 2. The van der Waals surface area contributed by atoms with Gasteiger partial charge in [0.1, 0.15) is 23.7 Å². The number of carbonyl (C=O) groups is 2. The summed E-state index contributed by atoms with van der Waals surface area (Å²) in [6, 6.07) is 6.85. The fourth-order valence-electron chi connectivity index (χ4n) is 1.71. The van der Waals surface area contributed by atoms with Gasteiger partial charge in [0.05, 0.1) is 12.5 Å². The number of hydrogen-bond acceptors (Lipinski definition) is 6. The van der Waals surface area contributed by atoms with Crippen molar-refractivity contribution in [3.63, 3.8) is 0 Å². The predicted octanol–water partition coefficient (Wildman–Crippen LogP) is 3.46. The minimum atomic E-state index is -0.597. The Kier molecular flexibility index (Phi) is 6.19. The summed E-state index contributed by atoms with van der Waals surface area (Å²) < 4.78 is 20.5. The lowest BCUT2D eigenvalue weighted by Gasteiger charge is -2.19. The van der Waals surface area contributed by atoms with E-state index in [1.165, 1.54) is 36.8 Å². The smallest absolute Gasteiger partial charge is 0.331 e. The molecule has 0 aromatic carbocycles. The van der Waals surface area contributed by atoms with Crippen molar-refractivity contribution in [1.82, 2.24) is 0 Å². The van der Waals surface area contributed by atoms with Crippen LogP contribution in [0, 0.1) is 0 Å². The summed E-state index contributed by atoms with van der Waals surface area (Å²) in [4.78, 5) is 23.4. The Bertz CT molecular complexity index is 632. The highest BCUT2D eigenvalue weighted by atomic mass is 16.6. The van der Waals surface area contributed by atoms with Crippen LogP contribution in [0.2, 0.25) is 0 Å². The van der Waals surface area contributed by atoms with Gasteiger partial charge in [0.25, 0.3) is 0 Å². The summed E-state index contributed by atoms with van der Waals surface area (Å²) in [7, 11) is 0. The Labute approximate surface area is 139 Å². The summed E-state index contributed by atoms with van der Waals surface area (Å²) in [6.45, 7) is 3.29. The molecule has 0 bridgehead atoms. The first-order valence-electron chi connectivity index (χ1n) is 7.39. The van der Waals surface area contributed by atoms with Crippen LogP contribution >= 0.6 is 0 Å². The fraction of sp³-hybridized carbons (Fsp3) is 0.222. The number of hydrogen-bond donors (Lipinski definition) is 0. The molecule has 0 aliphatic carbocycles. The lowest BCUT2D eigenvalue weighted by atomic mass is 10.2. The van der Waals surface area contributed by atoms with Crippen molar-refractivity contribution in [2.75, 3.05) is 0 Å². The van der Waals surface area contributed by atoms with Gasteiger partial charge in [-0.3, -0.25) is 0 Å². The highest BCUT2D eigenvalue weighted by Gasteiger charge is 2.18. The molecule has 6 nitrogen and oxygen atoms in total. The maximum Gasteiger partial charge on any atom is 0.331 e. The van der Waals surface area contributed by atoms with E-state index in [4.69, 9.17) is 18.3 Å². The lowest BCUT2D eigenvalue weighted by Crippen LogP contribution is -2.29. The molecule has 0 saturated heterocycles. The van der Waals surface area contributed by atoms with Gasteiger partial charge in [-0.1, -0.05) is 0 Å². The Morgan fingerprint density at radius 3 is 1.62 bits per heavy atom. The van der Waals surface area contributed by atoms with Crippen LogP contribution in [0.15, 0.2) is 57.8 Å². The van der Waals surface area contributed by atoms with Crippen molar-refractivity contribution in [1.29, 1.82) is 0 Å². The Morgan fingerprint density at radius 2 is 1.29 bits per heavy atom. The summed E-state index contributed by atoms with van der Waals surface area (Å²) in [5, 5.41) is 0. The standard InChI is InChI=1S/C18H18O6/c1-13(23-17(19)9-7-15-5-3-11-21-15)14(2)24-18(20)10-8-16-6-4-12-22-16/h3-14H,1-2H3/b9-7+,10-8+. The average Bonchev–Trinajstić information content (AvgIpc) is 3.24. The number of esters is 2. The molecule has 24 heavy (non-hydrogen) atoms. The molecule has 2 aromatic rings. The van der Waals surface area contributed by atoms with Crippen molar-refractivity contribution in [2.45, 2.75) is 26.1 Å². The molecular weight excluding hydrogens is 312 g/mol. The molecule has 2 aromatic heterocycles. The topological polar surface area (TPSA) is 78.9 Å². The van der Waals surface area contributed by atoms with Gasteiger partial charge in [-0.05, 0) is 50.3 Å². The monoisotopic (exact) mass is 330 g/mol. The second kappa shape index (κ2) is 8.57. The quantitative estimate of drug-likeness (QED) is 0.571. The first-order valence-corrected chi connectivity index (χ1v) is 7.39. The van der Waals surface area contributed by atoms with E-state index >= 15 is 0 Å². The van der Waals surface area contributed by atoms with Crippen LogP contribution in [0.5, 0.6) is 0 Å². The Morgan fingerprint density at radius 1 is 0.875 bits per heavy atom. The molecule has 6 heteroatoms. The molecular formula is C18H18O6. The third-order valence-electron chi connectivity index (χ3n) is 3.12. The minimum Gasteiger partial charge on any atom is -0.465 e. The van der Waals surface area contributed by atoms with Crippen molar-refractivity contribution in [3.8, 4) is 0 Å². The number of carbonyl (C=O) groups excluding carboxylic acids is 2. The molecule has 0 N–H and O–H groups in total. The molecule has 0 aliphatic rings. The zero-order valence-electron chi connectivity index (χ0n) is 13.4. The van der Waals surface area contributed by atoms with Gasteiger partial charge in [0.2, 0.25) is 0 Å². The third kappa shape index (κ3) is 5.64. The van der Waals surface area contributed by atoms with E-state index in [1.54, 1.807) is 38.1 Å². The van der Waals surface area contributed by atoms with Gasteiger partial charge in [-0.25, -0.2) is 9.59 Å². The maximum absolute atomic E-state index is 11.7. The highest BCUT2D eigenvalue weighted by Crippen LogP contribution is 2.08. The van der Waals surface area contributed by atoms with Crippen molar-refractivity contribution < 1.29 is 27.9 Å². The van der Waals surface area contributed by atoms with E-state index in [0.717, 1.165) is 0 Å². The largest absolute Gasteiger partial charge is 0.465 e. The second-order valence-electron chi connectivity index (χ2n) is 4.98.